The molecule has 0 aliphatic carbocycles. The number of carbonyl (C=O) groups is 1. The maximum absolute atomic E-state index is 10.5. The Morgan fingerprint density at radius 1 is 1.15 bits per heavy atom. The van der Waals surface area contributed by atoms with Crippen LogP contribution < -0.4 is 0 Å². The molecule has 6 nitrogen and oxygen atoms in total. The number of hydrogen-bond donors (Lipinski definition) is 5. The molecule has 0 aromatic rings. The van der Waals surface area contributed by atoms with Crippen LogP contribution in [0.25, 0.3) is 0 Å². The predicted octanol–water partition coefficient (Wildman–Crippen LogP) is -3.38. The summed E-state index contributed by atoms with van der Waals surface area (Å²) in [5.74, 6) is -1.00. The van der Waals surface area contributed by atoms with E-state index in [1.54, 1.807) is 0 Å². The first kappa shape index (κ1) is 15.5. The van der Waals surface area contributed by atoms with Gasteiger partial charge in [-0.3, -0.25) is 4.79 Å². The van der Waals surface area contributed by atoms with Crippen LogP contribution in [0.3, 0.4) is 0 Å². The molecule has 77 valence electrons. The molecular formula is C6H12FeO6+3. The molecule has 0 aliphatic rings. The van der Waals surface area contributed by atoms with Crippen LogP contribution in [-0.2, 0) is 21.9 Å². The molecule has 1 radical (unpaired) electrons. The second-order valence-corrected chi connectivity index (χ2v) is 2.31. The van der Waals surface area contributed by atoms with Crippen LogP contribution in [0.5, 0.6) is 0 Å². The summed E-state index contributed by atoms with van der Waals surface area (Å²) in [6.45, 7) is -1.69. The summed E-state index contributed by atoms with van der Waals surface area (Å²) >= 11 is 0. The smallest absolute Gasteiger partial charge is 0.394 e. The number of aliphatic hydroxyl groups is 5. The van der Waals surface area contributed by atoms with E-state index >= 15 is 0 Å². The topological polar surface area (TPSA) is 118 Å². The van der Waals surface area contributed by atoms with E-state index in [4.69, 9.17) is 25.5 Å². The molecule has 0 heterocycles. The second kappa shape index (κ2) is 7.40. The fourth-order valence-corrected chi connectivity index (χ4v) is 0.602. The molecule has 0 rings (SSSR count). The van der Waals surface area contributed by atoms with E-state index in [2.05, 4.69) is 0 Å². The third-order valence-corrected chi connectivity index (χ3v) is 1.39. The van der Waals surface area contributed by atoms with Crippen LogP contribution in [0.4, 0.5) is 0 Å². The third-order valence-electron chi connectivity index (χ3n) is 1.39. The molecule has 0 aliphatic heterocycles. The molecular weight excluding hydrogens is 224 g/mol. The molecule has 3 atom stereocenters. The Morgan fingerprint density at radius 3 is 1.92 bits per heavy atom. The molecule has 7 heteroatoms. The SMILES string of the molecule is O=C(CO)[C@@H](O)[C@H](O)[C@H](O)CO.[Fe+3]. The van der Waals surface area contributed by atoms with Gasteiger partial charge in [0.2, 0.25) is 0 Å². The first-order chi connectivity index (χ1) is 5.54. The number of rotatable bonds is 5. The van der Waals surface area contributed by atoms with Gasteiger partial charge in [0.1, 0.15) is 24.9 Å². The standard InChI is InChI=1S/C6H12O6.Fe/c7-1-3(9)5(11)6(12)4(10)2-8;/h3,5-9,11-12H,1-2H2;/q;+3/t3-,5-,6-;/m1./s1. The Kier molecular flexibility index (Phi) is 8.80. The van der Waals surface area contributed by atoms with Gasteiger partial charge in [-0.1, -0.05) is 0 Å². The molecule has 13 heavy (non-hydrogen) atoms. The monoisotopic (exact) mass is 236 g/mol. The van der Waals surface area contributed by atoms with Crippen LogP contribution in [0.15, 0.2) is 0 Å². The van der Waals surface area contributed by atoms with Gasteiger partial charge in [-0.15, -0.1) is 0 Å². The van der Waals surface area contributed by atoms with Gasteiger partial charge in [-0.25, -0.2) is 0 Å². The van der Waals surface area contributed by atoms with Gasteiger partial charge in [-0.2, -0.15) is 0 Å². The Morgan fingerprint density at radius 2 is 1.62 bits per heavy atom. The Labute approximate surface area is 85.3 Å². The maximum Gasteiger partial charge on any atom is 3.00 e. The predicted molar refractivity (Wildman–Crippen MR) is 37.2 cm³/mol. The second-order valence-electron chi connectivity index (χ2n) is 2.31. The van der Waals surface area contributed by atoms with E-state index in [1.807, 2.05) is 0 Å². The van der Waals surface area contributed by atoms with Gasteiger partial charge in [0, 0.05) is 0 Å². The fourth-order valence-electron chi connectivity index (χ4n) is 0.602. The minimum atomic E-state index is -1.86. The first-order valence-corrected chi connectivity index (χ1v) is 3.33. The first-order valence-electron chi connectivity index (χ1n) is 3.33. The van der Waals surface area contributed by atoms with E-state index in [0.29, 0.717) is 0 Å². The minimum Gasteiger partial charge on any atom is -0.394 e. The van der Waals surface area contributed by atoms with Crippen molar-refractivity contribution in [2.24, 2.45) is 0 Å². The molecule has 0 aromatic carbocycles. The molecule has 5 N–H and O–H groups in total. The summed E-state index contributed by atoms with van der Waals surface area (Å²) in [6.07, 6.45) is -5.22. The van der Waals surface area contributed by atoms with Crippen molar-refractivity contribution in [1.29, 1.82) is 0 Å². The number of carbonyl (C=O) groups excluding carboxylic acids is 1. The van der Waals surface area contributed by atoms with E-state index < -0.39 is 37.3 Å². The summed E-state index contributed by atoms with van der Waals surface area (Å²) in [7, 11) is 0. The minimum absolute atomic E-state index is 0. The van der Waals surface area contributed by atoms with Crippen LogP contribution in [0.2, 0.25) is 0 Å². The summed E-state index contributed by atoms with van der Waals surface area (Å²) < 4.78 is 0. The Hall–Kier alpha value is -0.0105. The quantitative estimate of drug-likeness (QED) is 0.318. The molecule has 0 unspecified atom stereocenters. The average molecular weight is 236 g/mol. The molecule has 0 bridgehead atoms. The van der Waals surface area contributed by atoms with Crippen LogP contribution in [0, 0.1) is 0 Å². The zero-order valence-corrected chi connectivity index (χ0v) is 7.75. The molecule has 0 saturated carbocycles. The van der Waals surface area contributed by atoms with Gasteiger partial charge in [0.15, 0.2) is 5.78 Å². The van der Waals surface area contributed by atoms with Crippen molar-refractivity contribution in [2.75, 3.05) is 13.2 Å². The zero-order valence-electron chi connectivity index (χ0n) is 6.64. The van der Waals surface area contributed by atoms with Gasteiger partial charge in [0.05, 0.1) is 6.61 Å². The molecule has 0 fully saturated rings. The van der Waals surface area contributed by atoms with Gasteiger partial charge in [0.25, 0.3) is 0 Å². The van der Waals surface area contributed by atoms with E-state index in [1.165, 1.54) is 0 Å². The zero-order chi connectivity index (χ0) is 9.72. The van der Waals surface area contributed by atoms with Crippen LogP contribution >= 0.6 is 0 Å². The van der Waals surface area contributed by atoms with Crippen molar-refractivity contribution >= 4 is 5.78 Å². The summed E-state index contributed by atoms with van der Waals surface area (Å²) in [6, 6.07) is 0. The molecule has 0 spiro atoms. The van der Waals surface area contributed by atoms with Crippen molar-refractivity contribution in [3.05, 3.63) is 0 Å². The third kappa shape index (κ3) is 4.68. The maximum atomic E-state index is 10.5. The van der Waals surface area contributed by atoms with E-state index in [0.717, 1.165) is 0 Å². The Bertz CT molecular complexity index is 152. The number of aliphatic hydroxyl groups excluding tert-OH is 5. The molecule has 0 saturated heterocycles. The summed E-state index contributed by atoms with van der Waals surface area (Å²) in [5, 5.41) is 43.1. The Balaban J connectivity index is 0. The van der Waals surface area contributed by atoms with E-state index in [-0.39, 0.29) is 17.1 Å². The molecule has 0 aromatic heterocycles. The van der Waals surface area contributed by atoms with E-state index in [9.17, 15) is 4.79 Å². The van der Waals surface area contributed by atoms with Crippen molar-refractivity contribution in [3.8, 4) is 0 Å². The number of hydrogen-bond acceptors (Lipinski definition) is 6. The summed E-state index contributed by atoms with van der Waals surface area (Å²) in [5.41, 5.74) is 0. The largest absolute Gasteiger partial charge is 3.00 e. The number of ketones is 1. The average Bonchev–Trinajstić information content (AvgIpc) is 2.12. The fraction of sp³-hybridized carbons (Fsp3) is 0.833. The van der Waals surface area contributed by atoms with Crippen LogP contribution in [-0.4, -0.2) is 62.8 Å². The van der Waals surface area contributed by atoms with Crippen LogP contribution in [0.1, 0.15) is 0 Å². The van der Waals surface area contributed by atoms with Crippen molar-refractivity contribution in [1.82, 2.24) is 0 Å². The summed E-state index contributed by atoms with van der Waals surface area (Å²) in [4.78, 5) is 10.5. The normalized spacial score (nSPS) is 17.0. The van der Waals surface area contributed by atoms with Crippen molar-refractivity contribution in [3.63, 3.8) is 0 Å². The molecule has 0 amide bonds. The van der Waals surface area contributed by atoms with Gasteiger partial charge >= 0.3 is 17.1 Å². The van der Waals surface area contributed by atoms with Crippen molar-refractivity contribution < 1.29 is 47.4 Å². The van der Waals surface area contributed by atoms with Crippen molar-refractivity contribution in [2.45, 2.75) is 18.3 Å². The number of Topliss-reactive ketones (excluding diaryl/α,β-unsaturated/α-hetero) is 1. The van der Waals surface area contributed by atoms with Gasteiger partial charge < -0.3 is 25.5 Å². The van der Waals surface area contributed by atoms with Gasteiger partial charge in [-0.05, 0) is 0 Å².